The van der Waals surface area contributed by atoms with Crippen molar-refractivity contribution in [1.29, 1.82) is 0 Å². The van der Waals surface area contributed by atoms with E-state index >= 15 is 0 Å². The minimum Gasteiger partial charge on any atom is -0.330 e. The maximum Gasteiger partial charge on any atom is -0.00489 e. The lowest BCUT2D eigenvalue weighted by Gasteiger charge is -2.37. The topological polar surface area (TPSA) is 26.0 Å². The van der Waals surface area contributed by atoms with E-state index in [2.05, 4.69) is 20.8 Å². The van der Waals surface area contributed by atoms with Crippen molar-refractivity contribution in [2.45, 2.75) is 46.5 Å². The van der Waals surface area contributed by atoms with E-state index in [1.165, 1.54) is 25.7 Å². The second kappa shape index (κ2) is 3.78. The molecule has 72 valence electrons. The first-order valence-electron chi connectivity index (χ1n) is 5.25. The van der Waals surface area contributed by atoms with Crippen LogP contribution in [0.25, 0.3) is 0 Å². The van der Waals surface area contributed by atoms with E-state index in [0.717, 1.165) is 18.4 Å². The molecule has 2 N–H and O–H groups in total. The van der Waals surface area contributed by atoms with Crippen LogP contribution in [0.15, 0.2) is 0 Å². The third-order valence-electron chi connectivity index (χ3n) is 3.42. The molecule has 0 aromatic rings. The predicted molar refractivity (Wildman–Crippen MR) is 54.0 cm³/mol. The minimum atomic E-state index is 0.576. The maximum atomic E-state index is 5.69. The van der Waals surface area contributed by atoms with E-state index in [4.69, 9.17) is 5.73 Å². The summed E-state index contributed by atoms with van der Waals surface area (Å²) >= 11 is 0. The molecule has 0 aliphatic heterocycles. The maximum absolute atomic E-state index is 5.69. The van der Waals surface area contributed by atoms with E-state index in [0.29, 0.717) is 5.41 Å². The highest BCUT2D eigenvalue weighted by atomic mass is 14.6. The Morgan fingerprint density at radius 3 is 2.67 bits per heavy atom. The van der Waals surface area contributed by atoms with Crippen LogP contribution in [-0.4, -0.2) is 6.54 Å². The standard InChI is InChI=1S/C11H23N/c1-9(8-12)10-5-4-6-11(2,3)7-10/h9-10H,4-8,12H2,1-3H3/t9-,10?/m0/s1. The molecule has 2 atom stereocenters. The van der Waals surface area contributed by atoms with Gasteiger partial charge in [0.25, 0.3) is 0 Å². The van der Waals surface area contributed by atoms with Crippen molar-refractivity contribution in [3.05, 3.63) is 0 Å². The molecule has 0 spiro atoms. The molecule has 0 radical (unpaired) electrons. The van der Waals surface area contributed by atoms with Gasteiger partial charge >= 0.3 is 0 Å². The van der Waals surface area contributed by atoms with Crippen molar-refractivity contribution in [1.82, 2.24) is 0 Å². The Labute approximate surface area is 76.7 Å². The van der Waals surface area contributed by atoms with E-state index in [1.54, 1.807) is 0 Å². The Bertz CT molecular complexity index is 140. The van der Waals surface area contributed by atoms with Crippen LogP contribution in [0.3, 0.4) is 0 Å². The van der Waals surface area contributed by atoms with Crippen molar-refractivity contribution >= 4 is 0 Å². The summed E-state index contributed by atoms with van der Waals surface area (Å²) in [6, 6.07) is 0. The Kier molecular flexibility index (Phi) is 3.16. The van der Waals surface area contributed by atoms with Crippen molar-refractivity contribution in [3.8, 4) is 0 Å². The molecule has 1 aliphatic carbocycles. The van der Waals surface area contributed by atoms with Crippen LogP contribution in [0, 0.1) is 17.3 Å². The second-order valence-electron chi connectivity index (χ2n) is 5.23. The number of hydrogen-bond acceptors (Lipinski definition) is 1. The van der Waals surface area contributed by atoms with E-state index < -0.39 is 0 Å². The first kappa shape index (κ1) is 10.0. The van der Waals surface area contributed by atoms with Crippen LogP contribution < -0.4 is 5.73 Å². The van der Waals surface area contributed by atoms with Gasteiger partial charge in [-0.25, -0.2) is 0 Å². The average molecular weight is 169 g/mol. The number of hydrogen-bond donors (Lipinski definition) is 1. The monoisotopic (exact) mass is 169 g/mol. The molecule has 0 heterocycles. The van der Waals surface area contributed by atoms with Crippen molar-refractivity contribution < 1.29 is 0 Å². The molecule has 1 nitrogen and oxygen atoms in total. The van der Waals surface area contributed by atoms with Crippen LogP contribution in [0.1, 0.15) is 46.5 Å². The van der Waals surface area contributed by atoms with Gasteiger partial charge in [0.2, 0.25) is 0 Å². The lowest BCUT2D eigenvalue weighted by Crippen LogP contribution is -2.29. The quantitative estimate of drug-likeness (QED) is 0.676. The first-order chi connectivity index (χ1) is 5.55. The lowest BCUT2D eigenvalue weighted by atomic mass is 9.68. The molecule has 0 saturated heterocycles. The molecule has 0 aromatic heterocycles. The summed E-state index contributed by atoms with van der Waals surface area (Å²) in [5.74, 6) is 1.61. The van der Waals surface area contributed by atoms with Crippen molar-refractivity contribution in [3.63, 3.8) is 0 Å². The molecule has 0 amide bonds. The zero-order valence-corrected chi connectivity index (χ0v) is 8.77. The Morgan fingerprint density at radius 2 is 2.17 bits per heavy atom. The zero-order valence-electron chi connectivity index (χ0n) is 8.77. The van der Waals surface area contributed by atoms with Gasteiger partial charge in [0.05, 0.1) is 0 Å². The molecule has 1 saturated carbocycles. The van der Waals surface area contributed by atoms with Crippen LogP contribution in [0.4, 0.5) is 0 Å². The van der Waals surface area contributed by atoms with E-state index in [1.807, 2.05) is 0 Å². The first-order valence-corrected chi connectivity index (χ1v) is 5.25. The molecule has 1 unspecified atom stereocenters. The summed E-state index contributed by atoms with van der Waals surface area (Å²) in [5, 5.41) is 0. The summed E-state index contributed by atoms with van der Waals surface area (Å²) in [6.07, 6.45) is 5.59. The summed E-state index contributed by atoms with van der Waals surface area (Å²) < 4.78 is 0. The lowest BCUT2D eigenvalue weighted by molar-refractivity contribution is 0.143. The molecule has 1 aliphatic rings. The molecule has 1 fully saturated rings. The predicted octanol–water partition coefficient (Wildman–Crippen LogP) is 2.80. The van der Waals surface area contributed by atoms with Gasteiger partial charge in [0.15, 0.2) is 0 Å². The zero-order chi connectivity index (χ0) is 9.19. The molecule has 1 heteroatoms. The Hall–Kier alpha value is -0.0400. The fourth-order valence-corrected chi connectivity index (χ4v) is 2.43. The molecular weight excluding hydrogens is 146 g/mol. The Morgan fingerprint density at radius 1 is 1.50 bits per heavy atom. The third kappa shape index (κ3) is 2.48. The van der Waals surface area contributed by atoms with E-state index in [9.17, 15) is 0 Å². The van der Waals surface area contributed by atoms with Crippen LogP contribution in [0.5, 0.6) is 0 Å². The minimum absolute atomic E-state index is 0.576. The normalized spacial score (nSPS) is 31.5. The fourth-order valence-electron chi connectivity index (χ4n) is 2.43. The fraction of sp³-hybridized carbons (Fsp3) is 1.00. The van der Waals surface area contributed by atoms with Crippen molar-refractivity contribution in [2.24, 2.45) is 23.0 Å². The summed E-state index contributed by atoms with van der Waals surface area (Å²) in [5.41, 5.74) is 6.27. The van der Waals surface area contributed by atoms with Crippen LogP contribution in [-0.2, 0) is 0 Å². The molecule has 1 rings (SSSR count). The van der Waals surface area contributed by atoms with Gasteiger partial charge < -0.3 is 5.73 Å². The smallest absolute Gasteiger partial charge is 0.00489 e. The molecule has 0 aromatic carbocycles. The van der Waals surface area contributed by atoms with Gasteiger partial charge in [-0.2, -0.15) is 0 Å². The van der Waals surface area contributed by atoms with Gasteiger partial charge in [-0.1, -0.05) is 33.6 Å². The highest BCUT2D eigenvalue weighted by Gasteiger charge is 2.30. The second-order valence-corrected chi connectivity index (χ2v) is 5.23. The van der Waals surface area contributed by atoms with Crippen LogP contribution in [0.2, 0.25) is 0 Å². The van der Waals surface area contributed by atoms with Gasteiger partial charge in [-0.15, -0.1) is 0 Å². The molecule has 0 bridgehead atoms. The number of nitrogens with two attached hydrogens (primary N) is 1. The van der Waals surface area contributed by atoms with Crippen LogP contribution >= 0.6 is 0 Å². The van der Waals surface area contributed by atoms with Gasteiger partial charge in [-0.05, 0) is 36.6 Å². The molecular formula is C11H23N. The number of rotatable bonds is 2. The highest BCUT2D eigenvalue weighted by molar-refractivity contribution is 4.81. The summed E-state index contributed by atoms with van der Waals surface area (Å²) in [4.78, 5) is 0. The SMILES string of the molecule is C[C@@H](CN)C1CCCC(C)(C)C1. The van der Waals surface area contributed by atoms with Gasteiger partial charge in [-0.3, -0.25) is 0 Å². The van der Waals surface area contributed by atoms with Gasteiger partial charge in [0, 0.05) is 0 Å². The van der Waals surface area contributed by atoms with E-state index in [-0.39, 0.29) is 0 Å². The Balaban J connectivity index is 2.46. The third-order valence-corrected chi connectivity index (χ3v) is 3.42. The van der Waals surface area contributed by atoms with Crippen molar-refractivity contribution in [2.75, 3.05) is 6.54 Å². The van der Waals surface area contributed by atoms with Gasteiger partial charge in [0.1, 0.15) is 0 Å². The summed E-state index contributed by atoms with van der Waals surface area (Å²) in [7, 11) is 0. The molecule has 12 heavy (non-hydrogen) atoms. The largest absolute Gasteiger partial charge is 0.330 e. The highest BCUT2D eigenvalue weighted by Crippen LogP contribution is 2.41. The summed E-state index contributed by atoms with van der Waals surface area (Å²) in [6.45, 7) is 7.94. The average Bonchev–Trinajstić information content (AvgIpc) is 2.01.